The average Bonchev–Trinajstić information content (AvgIpc) is 2.61. The summed E-state index contributed by atoms with van der Waals surface area (Å²) in [5, 5.41) is 0.928. The molecule has 0 saturated carbocycles. The van der Waals surface area contributed by atoms with Crippen molar-refractivity contribution in [3.63, 3.8) is 0 Å². The first-order valence-corrected chi connectivity index (χ1v) is 7.97. The van der Waals surface area contributed by atoms with Crippen LogP contribution in [0.4, 0.5) is 0 Å². The highest BCUT2D eigenvalue weighted by Crippen LogP contribution is 2.24. The first-order valence-electron chi connectivity index (χ1n) is 6.98. The largest absolute Gasteiger partial charge is 0.497 e. The molecule has 3 aromatic rings. The number of aromatic nitrogens is 2. The van der Waals surface area contributed by atoms with Crippen LogP contribution in [0.2, 0.25) is 0 Å². The Kier molecular flexibility index (Phi) is 4.71. The molecule has 4 heteroatoms. The summed E-state index contributed by atoms with van der Waals surface area (Å²) in [7, 11) is 1.68. The summed E-state index contributed by atoms with van der Waals surface area (Å²) in [6, 6.07) is 18.2. The topological polar surface area (TPSA) is 35.0 Å². The van der Waals surface area contributed by atoms with Crippen molar-refractivity contribution in [3.8, 4) is 17.0 Å². The van der Waals surface area contributed by atoms with Gasteiger partial charge >= 0.3 is 0 Å². The average molecular weight is 308 g/mol. The lowest BCUT2D eigenvalue weighted by atomic mass is 10.2. The van der Waals surface area contributed by atoms with Crippen molar-refractivity contribution in [2.75, 3.05) is 7.11 Å². The highest BCUT2D eigenvalue weighted by molar-refractivity contribution is 7.98. The number of thioether (sulfide) groups is 1. The molecule has 1 aromatic heterocycles. The van der Waals surface area contributed by atoms with Crippen molar-refractivity contribution in [1.29, 1.82) is 0 Å². The fourth-order valence-corrected chi connectivity index (χ4v) is 2.85. The Hall–Kier alpha value is -2.33. The molecule has 0 fully saturated rings. The van der Waals surface area contributed by atoms with Crippen LogP contribution < -0.4 is 4.74 Å². The summed E-state index contributed by atoms with van der Waals surface area (Å²) >= 11 is 1.68. The molecule has 22 heavy (non-hydrogen) atoms. The third-order valence-electron chi connectivity index (χ3n) is 3.23. The van der Waals surface area contributed by atoms with E-state index in [-0.39, 0.29) is 0 Å². The zero-order valence-electron chi connectivity index (χ0n) is 12.3. The molecular weight excluding hydrogens is 292 g/mol. The van der Waals surface area contributed by atoms with E-state index in [1.54, 1.807) is 31.3 Å². The molecule has 0 bridgehead atoms. The van der Waals surface area contributed by atoms with Crippen LogP contribution in [0.1, 0.15) is 5.56 Å². The maximum Gasteiger partial charge on any atom is 0.118 e. The van der Waals surface area contributed by atoms with Gasteiger partial charge < -0.3 is 4.74 Å². The van der Waals surface area contributed by atoms with Gasteiger partial charge in [-0.15, -0.1) is 11.8 Å². The maximum absolute atomic E-state index is 5.17. The van der Waals surface area contributed by atoms with E-state index in [1.807, 2.05) is 42.5 Å². The molecule has 0 atom stereocenters. The van der Waals surface area contributed by atoms with E-state index in [9.17, 15) is 0 Å². The van der Waals surface area contributed by atoms with E-state index in [0.29, 0.717) is 0 Å². The van der Waals surface area contributed by atoms with E-state index in [0.717, 1.165) is 27.8 Å². The molecule has 1 heterocycles. The minimum Gasteiger partial charge on any atom is -0.497 e. The van der Waals surface area contributed by atoms with Gasteiger partial charge in [-0.25, -0.2) is 4.98 Å². The van der Waals surface area contributed by atoms with Gasteiger partial charge in [0, 0.05) is 11.3 Å². The molecule has 0 spiro atoms. The van der Waals surface area contributed by atoms with Crippen molar-refractivity contribution < 1.29 is 4.74 Å². The van der Waals surface area contributed by atoms with Gasteiger partial charge in [-0.2, -0.15) is 0 Å². The van der Waals surface area contributed by atoms with Crippen LogP contribution in [-0.4, -0.2) is 17.1 Å². The predicted molar refractivity (Wildman–Crippen MR) is 90.0 cm³/mol. The fourth-order valence-electron chi connectivity index (χ4n) is 2.04. The summed E-state index contributed by atoms with van der Waals surface area (Å²) in [4.78, 5) is 8.96. The molecule has 0 radical (unpaired) electrons. The number of methoxy groups -OCH3 is 1. The van der Waals surface area contributed by atoms with Crippen LogP contribution in [0, 0.1) is 0 Å². The zero-order valence-corrected chi connectivity index (χ0v) is 13.1. The molecule has 3 nitrogen and oxygen atoms in total. The van der Waals surface area contributed by atoms with Gasteiger partial charge in [-0.05, 0) is 17.7 Å². The zero-order chi connectivity index (χ0) is 15.2. The fraction of sp³-hybridized carbons (Fsp3) is 0.111. The molecule has 0 aliphatic carbocycles. The molecular formula is C18H16N2OS. The summed E-state index contributed by atoms with van der Waals surface area (Å²) in [6.07, 6.45) is 3.60. The van der Waals surface area contributed by atoms with Crippen molar-refractivity contribution in [2.24, 2.45) is 0 Å². The molecule has 0 saturated heterocycles. The van der Waals surface area contributed by atoms with E-state index in [4.69, 9.17) is 4.74 Å². The van der Waals surface area contributed by atoms with Gasteiger partial charge in [0.2, 0.25) is 0 Å². The Labute approximate surface area is 134 Å². The second kappa shape index (κ2) is 7.09. The number of nitrogens with zero attached hydrogens (tertiary/aromatic N) is 2. The van der Waals surface area contributed by atoms with Crippen LogP contribution in [0.3, 0.4) is 0 Å². The van der Waals surface area contributed by atoms with Crippen LogP contribution >= 0.6 is 11.8 Å². The SMILES string of the molecule is COc1ccc(CSc2cncc(-c3ccccc3)n2)cc1. The minimum absolute atomic E-state index is 0.858. The van der Waals surface area contributed by atoms with Crippen molar-refractivity contribution in [1.82, 2.24) is 9.97 Å². The minimum atomic E-state index is 0.858. The van der Waals surface area contributed by atoms with Crippen molar-refractivity contribution in [2.45, 2.75) is 10.8 Å². The quantitative estimate of drug-likeness (QED) is 0.653. The molecule has 0 aliphatic heterocycles. The van der Waals surface area contributed by atoms with Crippen molar-refractivity contribution in [3.05, 3.63) is 72.6 Å². The highest BCUT2D eigenvalue weighted by Gasteiger charge is 2.03. The Morgan fingerprint density at radius 1 is 0.955 bits per heavy atom. The Balaban J connectivity index is 1.70. The predicted octanol–water partition coefficient (Wildman–Crippen LogP) is 4.44. The Morgan fingerprint density at radius 2 is 1.73 bits per heavy atom. The van der Waals surface area contributed by atoms with Crippen LogP contribution in [0.25, 0.3) is 11.3 Å². The summed E-state index contributed by atoms with van der Waals surface area (Å²) in [5.41, 5.74) is 3.22. The van der Waals surface area contributed by atoms with Crippen LogP contribution in [0.5, 0.6) is 5.75 Å². The van der Waals surface area contributed by atoms with E-state index >= 15 is 0 Å². The normalized spacial score (nSPS) is 10.4. The van der Waals surface area contributed by atoms with E-state index in [2.05, 4.69) is 22.1 Å². The maximum atomic E-state index is 5.17. The van der Waals surface area contributed by atoms with E-state index < -0.39 is 0 Å². The van der Waals surface area contributed by atoms with Gasteiger partial charge in [-0.1, -0.05) is 42.5 Å². The first-order chi connectivity index (χ1) is 10.8. The Morgan fingerprint density at radius 3 is 2.45 bits per heavy atom. The summed E-state index contributed by atoms with van der Waals surface area (Å²) in [6.45, 7) is 0. The first kappa shape index (κ1) is 14.6. The Bertz CT molecular complexity index is 730. The second-order valence-corrected chi connectivity index (χ2v) is 5.74. The number of rotatable bonds is 5. The number of hydrogen-bond donors (Lipinski definition) is 0. The van der Waals surface area contributed by atoms with Crippen LogP contribution in [-0.2, 0) is 5.75 Å². The number of ether oxygens (including phenoxy) is 1. The van der Waals surface area contributed by atoms with Crippen molar-refractivity contribution >= 4 is 11.8 Å². The van der Waals surface area contributed by atoms with Gasteiger partial charge in [0.05, 0.1) is 25.2 Å². The third kappa shape index (κ3) is 3.65. The molecule has 0 amide bonds. The summed E-state index contributed by atoms with van der Waals surface area (Å²) in [5.74, 6) is 1.73. The molecule has 0 N–H and O–H groups in total. The molecule has 2 aromatic carbocycles. The van der Waals surface area contributed by atoms with Crippen LogP contribution in [0.15, 0.2) is 72.0 Å². The van der Waals surface area contributed by atoms with Gasteiger partial charge in [0.15, 0.2) is 0 Å². The molecule has 0 unspecified atom stereocenters. The molecule has 0 aliphatic rings. The van der Waals surface area contributed by atoms with Gasteiger partial charge in [-0.3, -0.25) is 4.98 Å². The smallest absolute Gasteiger partial charge is 0.118 e. The monoisotopic (exact) mass is 308 g/mol. The lowest BCUT2D eigenvalue weighted by Gasteiger charge is -2.05. The number of benzene rings is 2. The lowest BCUT2D eigenvalue weighted by molar-refractivity contribution is 0.414. The van der Waals surface area contributed by atoms with Gasteiger partial charge in [0.1, 0.15) is 10.8 Å². The highest BCUT2D eigenvalue weighted by atomic mass is 32.2. The molecule has 110 valence electrons. The second-order valence-electron chi connectivity index (χ2n) is 4.75. The standard InChI is InChI=1S/C18H16N2OS/c1-21-16-9-7-14(8-10-16)13-22-18-12-19-11-17(20-18)15-5-3-2-4-6-15/h2-12H,13H2,1H3. The third-order valence-corrected chi connectivity index (χ3v) is 4.20. The summed E-state index contributed by atoms with van der Waals surface area (Å²) < 4.78 is 5.17. The number of hydrogen-bond acceptors (Lipinski definition) is 4. The lowest BCUT2D eigenvalue weighted by Crippen LogP contribution is -1.89. The van der Waals surface area contributed by atoms with E-state index in [1.165, 1.54) is 5.56 Å². The molecule has 3 rings (SSSR count). The van der Waals surface area contributed by atoms with Gasteiger partial charge in [0.25, 0.3) is 0 Å².